The monoisotopic (exact) mass is 536 g/mol. The van der Waals surface area contributed by atoms with Crippen LogP contribution in [-0.2, 0) is 0 Å². The summed E-state index contributed by atoms with van der Waals surface area (Å²) in [5.74, 6) is 1.67. The number of aromatic nitrogens is 1. The van der Waals surface area contributed by atoms with Gasteiger partial charge in [0.1, 0.15) is 0 Å². The van der Waals surface area contributed by atoms with E-state index in [4.69, 9.17) is 9.72 Å². The van der Waals surface area contributed by atoms with Gasteiger partial charge in [0.25, 0.3) is 0 Å². The summed E-state index contributed by atoms with van der Waals surface area (Å²) >= 11 is 0. The SMILES string of the molecule is c1ccc2c(c1)Oc1ccccc1N2c1c2ccccc2c(-c2ccc3ccccc3c2)c2c1cnc1ccccc12. The van der Waals surface area contributed by atoms with E-state index in [1.165, 1.54) is 32.7 Å². The van der Waals surface area contributed by atoms with Crippen LogP contribution in [0.15, 0.2) is 146 Å². The number of anilines is 3. The Bertz CT molecular complexity index is 2310. The maximum absolute atomic E-state index is 6.40. The molecule has 1 aliphatic heterocycles. The zero-order chi connectivity index (χ0) is 27.6. The number of fused-ring (bicyclic) bond motifs is 7. The summed E-state index contributed by atoms with van der Waals surface area (Å²) < 4.78 is 6.40. The van der Waals surface area contributed by atoms with E-state index in [-0.39, 0.29) is 0 Å². The van der Waals surface area contributed by atoms with Gasteiger partial charge in [0, 0.05) is 27.7 Å². The van der Waals surface area contributed by atoms with Crippen molar-refractivity contribution < 1.29 is 4.74 Å². The lowest BCUT2D eigenvalue weighted by atomic mass is 9.88. The molecule has 0 saturated heterocycles. The van der Waals surface area contributed by atoms with Gasteiger partial charge in [-0.15, -0.1) is 0 Å². The Balaban J connectivity index is 1.49. The molecule has 3 heteroatoms. The number of ether oxygens (including phenoxy) is 1. The molecular weight excluding hydrogens is 512 g/mol. The summed E-state index contributed by atoms with van der Waals surface area (Å²) in [4.78, 5) is 7.37. The highest BCUT2D eigenvalue weighted by Gasteiger charge is 2.29. The summed E-state index contributed by atoms with van der Waals surface area (Å²) in [5.41, 5.74) is 6.52. The number of pyridine rings is 1. The smallest absolute Gasteiger partial charge is 0.151 e. The van der Waals surface area contributed by atoms with Crippen molar-refractivity contribution in [2.75, 3.05) is 4.90 Å². The lowest BCUT2D eigenvalue weighted by molar-refractivity contribution is 0.477. The van der Waals surface area contributed by atoms with Crippen molar-refractivity contribution in [3.8, 4) is 22.6 Å². The van der Waals surface area contributed by atoms with Crippen LogP contribution >= 0.6 is 0 Å². The van der Waals surface area contributed by atoms with Crippen molar-refractivity contribution in [2.24, 2.45) is 0 Å². The first-order chi connectivity index (χ1) is 20.8. The highest BCUT2D eigenvalue weighted by atomic mass is 16.5. The van der Waals surface area contributed by atoms with E-state index >= 15 is 0 Å². The quantitative estimate of drug-likeness (QED) is 0.162. The van der Waals surface area contributed by atoms with E-state index in [0.29, 0.717) is 0 Å². The third-order valence-corrected chi connectivity index (χ3v) is 8.43. The molecule has 7 aromatic carbocycles. The van der Waals surface area contributed by atoms with Gasteiger partial charge in [0.15, 0.2) is 11.5 Å². The average molecular weight is 537 g/mol. The molecular formula is C39H24N2O. The fraction of sp³-hybridized carbons (Fsp3) is 0. The Labute approximate surface area is 242 Å². The molecule has 0 saturated carbocycles. The van der Waals surface area contributed by atoms with Crippen molar-refractivity contribution in [2.45, 2.75) is 0 Å². The van der Waals surface area contributed by atoms with Crippen LogP contribution in [0.3, 0.4) is 0 Å². The fourth-order valence-electron chi connectivity index (χ4n) is 6.61. The maximum Gasteiger partial charge on any atom is 0.151 e. The second-order valence-corrected chi connectivity index (χ2v) is 10.8. The molecule has 3 nitrogen and oxygen atoms in total. The van der Waals surface area contributed by atoms with Gasteiger partial charge in [-0.3, -0.25) is 4.98 Å². The predicted molar refractivity (Wildman–Crippen MR) is 174 cm³/mol. The van der Waals surface area contributed by atoms with E-state index in [9.17, 15) is 0 Å². The molecule has 2 heterocycles. The third kappa shape index (κ3) is 3.31. The summed E-state index contributed by atoms with van der Waals surface area (Å²) in [6.07, 6.45) is 2.06. The first kappa shape index (κ1) is 23.1. The predicted octanol–water partition coefficient (Wildman–Crippen LogP) is 10.9. The van der Waals surface area contributed by atoms with Crippen molar-refractivity contribution >= 4 is 60.3 Å². The Kier molecular flexibility index (Phi) is 4.90. The van der Waals surface area contributed by atoms with Crippen LogP contribution in [0.25, 0.3) is 54.3 Å². The maximum atomic E-state index is 6.40. The van der Waals surface area contributed by atoms with Crippen LogP contribution in [0, 0.1) is 0 Å². The van der Waals surface area contributed by atoms with Crippen molar-refractivity contribution in [3.05, 3.63) is 146 Å². The summed E-state index contributed by atoms with van der Waals surface area (Å²) in [5, 5.41) is 8.27. The zero-order valence-corrected chi connectivity index (χ0v) is 22.7. The summed E-state index contributed by atoms with van der Waals surface area (Å²) in [6.45, 7) is 0. The van der Waals surface area contributed by atoms with Gasteiger partial charge in [-0.05, 0) is 63.7 Å². The molecule has 0 atom stereocenters. The molecule has 0 aliphatic carbocycles. The topological polar surface area (TPSA) is 25.4 Å². The zero-order valence-electron chi connectivity index (χ0n) is 22.7. The van der Waals surface area contributed by atoms with Crippen molar-refractivity contribution in [1.29, 1.82) is 0 Å². The second-order valence-electron chi connectivity index (χ2n) is 10.8. The molecule has 8 aromatic rings. The molecule has 0 amide bonds. The lowest BCUT2D eigenvalue weighted by Gasteiger charge is -2.34. The lowest BCUT2D eigenvalue weighted by Crippen LogP contribution is -2.16. The van der Waals surface area contributed by atoms with Gasteiger partial charge in [0.2, 0.25) is 0 Å². The molecule has 0 fully saturated rings. The highest BCUT2D eigenvalue weighted by Crippen LogP contribution is 2.55. The summed E-state index contributed by atoms with van der Waals surface area (Å²) in [7, 11) is 0. The van der Waals surface area contributed by atoms with Crippen LogP contribution < -0.4 is 9.64 Å². The van der Waals surface area contributed by atoms with E-state index in [0.717, 1.165) is 50.2 Å². The Hall–Kier alpha value is -5.67. The molecule has 0 spiro atoms. The second kappa shape index (κ2) is 8.92. The van der Waals surface area contributed by atoms with E-state index < -0.39 is 0 Å². The minimum atomic E-state index is 0.834. The average Bonchev–Trinajstić information content (AvgIpc) is 3.06. The van der Waals surface area contributed by atoms with Crippen LogP contribution in [0.2, 0.25) is 0 Å². The van der Waals surface area contributed by atoms with Crippen LogP contribution in [-0.4, -0.2) is 4.98 Å². The molecule has 0 N–H and O–H groups in total. The van der Waals surface area contributed by atoms with Gasteiger partial charge in [-0.1, -0.05) is 103 Å². The van der Waals surface area contributed by atoms with Crippen LogP contribution in [0.5, 0.6) is 11.5 Å². The molecule has 1 aromatic heterocycles. The van der Waals surface area contributed by atoms with Gasteiger partial charge < -0.3 is 9.64 Å². The van der Waals surface area contributed by atoms with Crippen molar-refractivity contribution in [1.82, 2.24) is 4.98 Å². The van der Waals surface area contributed by atoms with E-state index in [1.54, 1.807) is 0 Å². The molecule has 9 rings (SSSR count). The van der Waals surface area contributed by atoms with Crippen LogP contribution in [0.1, 0.15) is 0 Å². The third-order valence-electron chi connectivity index (χ3n) is 8.43. The number of rotatable bonds is 2. The molecule has 0 radical (unpaired) electrons. The van der Waals surface area contributed by atoms with Crippen molar-refractivity contribution in [3.63, 3.8) is 0 Å². The molecule has 1 aliphatic rings. The number of nitrogens with zero attached hydrogens (tertiary/aromatic N) is 2. The molecule has 0 unspecified atom stereocenters. The largest absolute Gasteiger partial charge is 0.453 e. The Morgan fingerprint density at radius 3 is 1.90 bits per heavy atom. The Morgan fingerprint density at radius 2 is 1.12 bits per heavy atom. The Morgan fingerprint density at radius 1 is 0.500 bits per heavy atom. The number of hydrogen-bond acceptors (Lipinski definition) is 3. The number of benzene rings is 7. The number of para-hydroxylation sites is 5. The highest BCUT2D eigenvalue weighted by molar-refractivity contribution is 6.28. The van der Waals surface area contributed by atoms with Gasteiger partial charge >= 0.3 is 0 Å². The molecule has 196 valence electrons. The normalized spacial score (nSPS) is 12.4. The van der Waals surface area contributed by atoms with E-state index in [2.05, 4.69) is 126 Å². The van der Waals surface area contributed by atoms with Gasteiger partial charge in [-0.2, -0.15) is 0 Å². The minimum Gasteiger partial charge on any atom is -0.453 e. The first-order valence-electron chi connectivity index (χ1n) is 14.2. The van der Waals surface area contributed by atoms with Crippen LogP contribution in [0.4, 0.5) is 17.1 Å². The fourth-order valence-corrected chi connectivity index (χ4v) is 6.61. The first-order valence-corrected chi connectivity index (χ1v) is 14.2. The summed E-state index contributed by atoms with van der Waals surface area (Å²) in [6, 6.07) is 49.2. The number of hydrogen-bond donors (Lipinski definition) is 0. The standard InChI is InChI=1S/C39H24N2O/c1-2-12-26-23-27(22-21-25(26)11-1)37-28-13-3-4-14-29(28)39(31-24-40-32-16-6-5-15-30(32)38(31)37)41-33-17-7-9-19-35(33)42-36-20-10-8-18-34(36)41/h1-24H. The van der Waals surface area contributed by atoms with Gasteiger partial charge in [-0.25, -0.2) is 0 Å². The van der Waals surface area contributed by atoms with Gasteiger partial charge in [0.05, 0.1) is 22.6 Å². The molecule has 0 bridgehead atoms. The van der Waals surface area contributed by atoms with E-state index in [1.807, 2.05) is 24.3 Å². The molecule has 42 heavy (non-hydrogen) atoms. The minimum absolute atomic E-state index is 0.834.